The highest BCUT2D eigenvalue weighted by atomic mass is 16.4. The molecule has 1 fully saturated rings. The molecule has 2 heterocycles. The van der Waals surface area contributed by atoms with Crippen molar-refractivity contribution in [2.75, 3.05) is 19.6 Å². The molecule has 0 aromatic rings. The predicted octanol–water partition coefficient (Wildman–Crippen LogP) is 2.55. The zero-order valence-electron chi connectivity index (χ0n) is 13.0. The minimum absolute atomic E-state index is 0.558. The summed E-state index contributed by atoms with van der Waals surface area (Å²) in [4.78, 5) is 26.4. The van der Waals surface area contributed by atoms with E-state index in [-0.39, 0.29) is 0 Å². The zero-order chi connectivity index (χ0) is 16.2. The molecule has 0 spiro atoms. The monoisotopic (exact) mass is 310 g/mol. The lowest BCUT2D eigenvalue weighted by Crippen LogP contribution is -2.31. The summed E-state index contributed by atoms with van der Waals surface area (Å²) in [5, 5.41) is 15.6. The minimum Gasteiger partial charge on any atom is -0.478 e. The average molecular weight is 310 g/mol. The molecule has 0 aliphatic carbocycles. The topological polar surface area (TPSA) is 90.2 Å². The van der Waals surface area contributed by atoms with E-state index in [1.807, 2.05) is 0 Å². The Hall–Kier alpha value is -1.85. The van der Waals surface area contributed by atoms with Gasteiger partial charge in [-0.1, -0.05) is 19.3 Å². The molecule has 0 aromatic heterocycles. The molecule has 22 heavy (non-hydrogen) atoms. The van der Waals surface area contributed by atoms with Crippen LogP contribution >= 0.6 is 0 Å². The molecular formula is C16H26N2O4. The predicted molar refractivity (Wildman–Crippen MR) is 85.2 cm³/mol. The van der Waals surface area contributed by atoms with Gasteiger partial charge in [0.2, 0.25) is 0 Å². The number of nitrogens with zero attached hydrogens (tertiary/aromatic N) is 2. The van der Waals surface area contributed by atoms with Crippen molar-refractivity contribution in [2.45, 2.75) is 51.4 Å². The average Bonchev–Trinajstić information content (AvgIpc) is 2.90. The maximum Gasteiger partial charge on any atom is 0.328 e. The lowest BCUT2D eigenvalue weighted by molar-refractivity contribution is -0.134. The highest BCUT2D eigenvalue weighted by molar-refractivity contribution is 5.89. The second-order valence-corrected chi connectivity index (χ2v) is 5.52. The second kappa shape index (κ2) is 10.8. The number of amidine groups is 1. The number of carboxylic acids is 2. The molecule has 0 unspecified atom stereocenters. The van der Waals surface area contributed by atoms with Crippen molar-refractivity contribution in [3.8, 4) is 0 Å². The van der Waals surface area contributed by atoms with Crippen molar-refractivity contribution < 1.29 is 19.8 Å². The molecule has 2 N–H and O–H groups in total. The van der Waals surface area contributed by atoms with Gasteiger partial charge in [-0.25, -0.2) is 9.59 Å². The summed E-state index contributed by atoms with van der Waals surface area (Å²) >= 11 is 0. The van der Waals surface area contributed by atoms with Crippen molar-refractivity contribution in [2.24, 2.45) is 4.99 Å². The van der Waals surface area contributed by atoms with E-state index >= 15 is 0 Å². The third kappa shape index (κ3) is 8.44. The van der Waals surface area contributed by atoms with Gasteiger partial charge in [-0.15, -0.1) is 0 Å². The summed E-state index contributed by atoms with van der Waals surface area (Å²) in [5.74, 6) is -1.09. The molecule has 0 aromatic carbocycles. The Labute approximate surface area is 131 Å². The number of carboxylic acid groups (broad SMARTS) is 2. The van der Waals surface area contributed by atoms with Gasteiger partial charge in [0.25, 0.3) is 0 Å². The van der Waals surface area contributed by atoms with Gasteiger partial charge >= 0.3 is 11.9 Å². The molecule has 2 rings (SSSR count). The molecule has 0 radical (unpaired) electrons. The summed E-state index contributed by atoms with van der Waals surface area (Å²) in [6.45, 7) is 3.60. The van der Waals surface area contributed by atoms with Gasteiger partial charge in [0.1, 0.15) is 0 Å². The van der Waals surface area contributed by atoms with Crippen molar-refractivity contribution in [3.05, 3.63) is 12.2 Å². The Bertz CT molecular complexity index is 394. The molecule has 0 bridgehead atoms. The maximum atomic E-state index is 9.55. The first-order chi connectivity index (χ1) is 10.6. The molecule has 0 amide bonds. The Balaban J connectivity index is 0.000000261. The van der Waals surface area contributed by atoms with Crippen LogP contribution in [0.2, 0.25) is 0 Å². The third-order valence-corrected chi connectivity index (χ3v) is 3.69. The molecule has 124 valence electrons. The van der Waals surface area contributed by atoms with E-state index in [1.54, 1.807) is 0 Å². The van der Waals surface area contributed by atoms with Gasteiger partial charge in [-0.05, 0) is 25.7 Å². The van der Waals surface area contributed by atoms with Crippen LogP contribution < -0.4 is 0 Å². The highest BCUT2D eigenvalue weighted by Gasteiger charge is 2.14. The third-order valence-electron chi connectivity index (χ3n) is 3.69. The van der Waals surface area contributed by atoms with Gasteiger partial charge in [0.05, 0.1) is 5.84 Å². The summed E-state index contributed by atoms with van der Waals surface area (Å²) in [7, 11) is 0. The maximum absolute atomic E-state index is 9.55. The molecule has 2 aliphatic heterocycles. The summed E-state index contributed by atoms with van der Waals surface area (Å²) < 4.78 is 0. The Morgan fingerprint density at radius 2 is 1.41 bits per heavy atom. The van der Waals surface area contributed by atoms with Crippen LogP contribution in [-0.4, -0.2) is 52.5 Å². The van der Waals surface area contributed by atoms with E-state index in [9.17, 15) is 9.59 Å². The Morgan fingerprint density at radius 3 is 1.95 bits per heavy atom. The van der Waals surface area contributed by atoms with Crippen molar-refractivity contribution in [1.29, 1.82) is 0 Å². The molecule has 6 nitrogen and oxygen atoms in total. The van der Waals surface area contributed by atoms with Crippen LogP contribution in [0.15, 0.2) is 17.1 Å². The standard InChI is InChI=1S/C12H22N2.C4H4O4/c1-2-7-11-14(10-6-1)12-8-4-3-5-9-13-12;5-3(6)1-2-4(7)8/h1-11H2;1-2H,(H,5,6)(H,7,8)/b;2-1-. The largest absolute Gasteiger partial charge is 0.478 e. The smallest absolute Gasteiger partial charge is 0.328 e. The normalized spacial score (nSPS) is 19.5. The lowest BCUT2D eigenvalue weighted by Gasteiger charge is -2.23. The van der Waals surface area contributed by atoms with Crippen LogP contribution in [0.5, 0.6) is 0 Å². The van der Waals surface area contributed by atoms with E-state index in [0.717, 1.165) is 6.54 Å². The number of hydrogen-bond acceptors (Lipinski definition) is 4. The minimum atomic E-state index is -1.26. The van der Waals surface area contributed by atoms with Crippen LogP contribution in [0, 0.1) is 0 Å². The van der Waals surface area contributed by atoms with E-state index in [2.05, 4.69) is 4.90 Å². The first-order valence-electron chi connectivity index (χ1n) is 8.02. The molecule has 1 saturated heterocycles. The van der Waals surface area contributed by atoms with Crippen LogP contribution in [0.3, 0.4) is 0 Å². The van der Waals surface area contributed by atoms with E-state index in [1.165, 1.54) is 70.3 Å². The Kier molecular flexibility index (Phi) is 8.95. The van der Waals surface area contributed by atoms with Crippen LogP contribution in [0.1, 0.15) is 51.4 Å². The van der Waals surface area contributed by atoms with Crippen LogP contribution in [0.25, 0.3) is 0 Å². The Morgan fingerprint density at radius 1 is 0.864 bits per heavy atom. The van der Waals surface area contributed by atoms with E-state index < -0.39 is 11.9 Å². The van der Waals surface area contributed by atoms with E-state index in [4.69, 9.17) is 15.2 Å². The fourth-order valence-electron chi connectivity index (χ4n) is 2.59. The quantitative estimate of drug-likeness (QED) is 0.765. The molecule has 0 saturated carbocycles. The summed E-state index contributed by atoms with van der Waals surface area (Å²) in [6, 6.07) is 0. The SMILES string of the molecule is C1CCN=C(N2CCCCCC2)CC1.O=C(O)/C=C\C(=O)O. The molecule has 2 aliphatic rings. The first kappa shape index (κ1) is 18.2. The fourth-order valence-corrected chi connectivity index (χ4v) is 2.59. The number of rotatable bonds is 2. The van der Waals surface area contributed by atoms with Crippen molar-refractivity contribution in [1.82, 2.24) is 4.90 Å². The zero-order valence-corrected chi connectivity index (χ0v) is 13.0. The highest BCUT2D eigenvalue weighted by Crippen LogP contribution is 2.15. The molecule has 0 atom stereocenters. The molecule has 6 heteroatoms. The van der Waals surface area contributed by atoms with Crippen LogP contribution in [-0.2, 0) is 9.59 Å². The number of likely N-dealkylation sites (tertiary alicyclic amines) is 1. The van der Waals surface area contributed by atoms with Crippen molar-refractivity contribution >= 4 is 17.8 Å². The van der Waals surface area contributed by atoms with Gasteiger partial charge < -0.3 is 15.1 Å². The van der Waals surface area contributed by atoms with Crippen molar-refractivity contribution in [3.63, 3.8) is 0 Å². The number of hydrogen-bond donors (Lipinski definition) is 2. The van der Waals surface area contributed by atoms with Gasteiger partial charge in [0, 0.05) is 38.2 Å². The summed E-state index contributed by atoms with van der Waals surface area (Å²) in [6.07, 6.45) is 12.0. The van der Waals surface area contributed by atoms with Crippen LogP contribution in [0.4, 0.5) is 0 Å². The van der Waals surface area contributed by atoms with Gasteiger partial charge in [0.15, 0.2) is 0 Å². The van der Waals surface area contributed by atoms with E-state index in [0.29, 0.717) is 12.2 Å². The number of aliphatic imine (C=N–C) groups is 1. The van der Waals surface area contributed by atoms with Gasteiger partial charge in [-0.2, -0.15) is 0 Å². The summed E-state index contributed by atoms with van der Waals surface area (Å²) in [5.41, 5.74) is 0. The van der Waals surface area contributed by atoms with Gasteiger partial charge in [-0.3, -0.25) is 4.99 Å². The fraction of sp³-hybridized carbons (Fsp3) is 0.688. The second-order valence-electron chi connectivity index (χ2n) is 5.52. The first-order valence-corrected chi connectivity index (χ1v) is 8.02. The lowest BCUT2D eigenvalue weighted by atomic mass is 10.2. The number of aliphatic carboxylic acids is 2. The number of carbonyl (C=O) groups is 2. The molecular weight excluding hydrogens is 284 g/mol.